The third kappa shape index (κ3) is 2.44. The van der Waals surface area contributed by atoms with Gasteiger partial charge in [-0.25, -0.2) is 4.98 Å². The molecule has 1 aromatic heterocycles. The number of ether oxygens (including phenoxy) is 1. The summed E-state index contributed by atoms with van der Waals surface area (Å²) < 4.78 is 7.53. The fourth-order valence-electron chi connectivity index (χ4n) is 2.41. The largest absolute Gasteiger partial charge is 0.381 e. The van der Waals surface area contributed by atoms with Gasteiger partial charge in [-0.05, 0) is 25.3 Å². The molecule has 1 aromatic rings. The second-order valence-electron chi connectivity index (χ2n) is 4.38. The first-order valence-electron chi connectivity index (χ1n) is 6.11. The summed E-state index contributed by atoms with van der Waals surface area (Å²) in [5.74, 6) is 1.79. The van der Waals surface area contributed by atoms with Crippen LogP contribution in [0.25, 0.3) is 0 Å². The molecule has 0 aromatic carbocycles. The molecule has 0 aliphatic carbocycles. The van der Waals surface area contributed by atoms with Crippen LogP contribution in [-0.4, -0.2) is 29.3 Å². The number of hydrogen-bond acceptors (Lipinski definition) is 3. The van der Waals surface area contributed by atoms with E-state index in [0.29, 0.717) is 12.0 Å². The number of aryl methyl sites for hydroxylation is 1. The van der Waals surface area contributed by atoms with Crippen molar-refractivity contribution in [1.29, 1.82) is 0 Å². The van der Waals surface area contributed by atoms with Crippen LogP contribution in [0.2, 0.25) is 0 Å². The Morgan fingerprint density at radius 2 is 2.31 bits per heavy atom. The van der Waals surface area contributed by atoms with E-state index in [4.69, 9.17) is 4.74 Å². The smallest absolute Gasteiger partial charge is 0.125 e. The van der Waals surface area contributed by atoms with Gasteiger partial charge >= 0.3 is 0 Å². The van der Waals surface area contributed by atoms with E-state index >= 15 is 0 Å². The second kappa shape index (κ2) is 5.46. The minimum atomic E-state index is 0.369. The van der Waals surface area contributed by atoms with Gasteiger partial charge in [0.05, 0.1) is 6.04 Å². The van der Waals surface area contributed by atoms with Crippen molar-refractivity contribution < 1.29 is 4.74 Å². The van der Waals surface area contributed by atoms with Crippen LogP contribution >= 0.6 is 0 Å². The molecule has 16 heavy (non-hydrogen) atoms. The SMILES string of the molecule is CCNC(c1nccn1C)C1CCOCC1. The van der Waals surface area contributed by atoms with E-state index < -0.39 is 0 Å². The Morgan fingerprint density at radius 1 is 1.56 bits per heavy atom. The fraction of sp³-hybridized carbons (Fsp3) is 0.750. The normalized spacial score (nSPS) is 19.9. The topological polar surface area (TPSA) is 39.1 Å². The van der Waals surface area contributed by atoms with E-state index in [1.54, 1.807) is 0 Å². The number of imidazole rings is 1. The first-order chi connectivity index (χ1) is 7.83. The number of nitrogens with zero attached hydrogens (tertiary/aromatic N) is 2. The van der Waals surface area contributed by atoms with Gasteiger partial charge in [-0.15, -0.1) is 0 Å². The lowest BCUT2D eigenvalue weighted by Gasteiger charge is -2.30. The molecule has 0 saturated carbocycles. The Hall–Kier alpha value is -0.870. The average molecular weight is 223 g/mol. The highest BCUT2D eigenvalue weighted by Gasteiger charge is 2.27. The summed E-state index contributed by atoms with van der Waals surface area (Å²) >= 11 is 0. The maximum atomic E-state index is 5.42. The summed E-state index contributed by atoms with van der Waals surface area (Å²) in [6.07, 6.45) is 6.15. The zero-order valence-electron chi connectivity index (χ0n) is 10.1. The van der Waals surface area contributed by atoms with Gasteiger partial charge in [0.15, 0.2) is 0 Å². The zero-order valence-corrected chi connectivity index (χ0v) is 10.1. The predicted molar refractivity (Wildman–Crippen MR) is 63.2 cm³/mol. The molecule has 4 nitrogen and oxygen atoms in total. The van der Waals surface area contributed by atoms with Crippen molar-refractivity contribution in [3.8, 4) is 0 Å². The van der Waals surface area contributed by atoms with Crippen LogP contribution in [0.4, 0.5) is 0 Å². The fourth-order valence-corrected chi connectivity index (χ4v) is 2.41. The summed E-state index contributed by atoms with van der Waals surface area (Å²) in [6, 6.07) is 0.369. The van der Waals surface area contributed by atoms with E-state index in [0.717, 1.165) is 38.4 Å². The van der Waals surface area contributed by atoms with Gasteiger partial charge in [0.1, 0.15) is 5.82 Å². The molecule has 1 aliphatic heterocycles. The number of rotatable bonds is 4. The predicted octanol–water partition coefficient (Wildman–Crippen LogP) is 1.50. The highest BCUT2D eigenvalue weighted by atomic mass is 16.5. The molecule has 2 heterocycles. The van der Waals surface area contributed by atoms with E-state index in [1.165, 1.54) is 0 Å². The highest BCUT2D eigenvalue weighted by molar-refractivity contribution is 5.01. The molecule has 1 fully saturated rings. The minimum Gasteiger partial charge on any atom is -0.381 e. The lowest BCUT2D eigenvalue weighted by molar-refractivity contribution is 0.0523. The molecule has 4 heteroatoms. The molecular formula is C12H21N3O. The molecule has 0 bridgehead atoms. The summed E-state index contributed by atoms with van der Waals surface area (Å²) in [5.41, 5.74) is 0. The van der Waals surface area contributed by atoms with Gasteiger partial charge < -0.3 is 14.6 Å². The molecule has 0 radical (unpaired) electrons. The van der Waals surface area contributed by atoms with Crippen molar-refractivity contribution in [3.05, 3.63) is 18.2 Å². The van der Waals surface area contributed by atoms with Crippen molar-refractivity contribution in [2.24, 2.45) is 13.0 Å². The molecular weight excluding hydrogens is 202 g/mol. The van der Waals surface area contributed by atoms with Crippen LogP contribution < -0.4 is 5.32 Å². The van der Waals surface area contributed by atoms with Crippen LogP contribution in [0.3, 0.4) is 0 Å². The highest BCUT2D eigenvalue weighted by Crippen LogP contribution is 2.28. The van der Waals surface area contributed by atoms with E-state index in [2.05, 4.69) is 28.8 Å². The van der Waals surface area contributed by atoms with Gasteiger partial charge in [0.2, 0.25) is 0 Å². The van der Waals surface area contributed by atoms with Crippen LogP contribution in [0.1, 0.15) is 31.6 Å². The van der Waals surface area contributed by atoms with Gasteiger partial charge in [0.25, 0.3) is 0 Å². The van der Waals surface area contributed by atoms with Crippen molar-refractivity contribution in [1.82, 2.24) is 14.9 Å². The van der Waals surface area contributed by atoms with Crippen LogP contribution in [0.15, 0.2) is 12.4 Å². The maximum Gasteiger partial charge on any atom is 0.125 e. The molecule has 0 amide bonds. The van der Waals surface area contributed by atoms with Gasteiger partial charge in [0, 0.05) is 32.7 Å². The van der Waals surface area contributed by atoms with Gasteiger partial charge in [-0.1, -0.05) is 6.92 Å². The zero-order chi connectivity index (χ0) is 11.4. The summed E-state index contributed by atoms with van der Waals surface area (Å²) in [6.45, 7) is 4.90. The molecule has 1 N–H and O–H groups in total. The maximum absolute atomic E-state index is 5.42. The van der Waals surface area contributed by atoms with Crippen molar-refractivity contribution in [2.45, 2.75) is 25.8 Å². The number of hydrogen-bond donors (Lipinski definition) is 1. The molecule has 0 spiro atoms. The molecule has 2 rings (SSSR count). The Balaban J connectivity index is 2.12. The third-order valence-corrected chi connectivity index (χ3v) is 3.30. The van der Waals surface area contributed by atoms with Gasteiger partial charge in [-0.2, -0.15) is 0 Å². The quantitative estimate of drug-likeness (QED) is 0.840. The molecule has 1 unspecified atom stereocenters. The van der Waals surface area contributed by atoms with E-state index in [1.807, 2.05) is 12.4 Å². The van der Waals surface area contributed by atoms with Crippen molar-refractivity contribution in [2.75, 3.05) is 19.8 Å². The Morgan fingerprint density at radius 3 is 2.88 bits per heavy atom. The summed E-state index contributed by atoms with van der Waals surface area (Å²) in [5, 5.41) is 3.56. The lowest BCUT2D eigenvalue weighted by atomic mass is 9.91. The standard InChI is InChI=1S/C12H21N3O/c1-3-13-11(10-4-8-16-9-5-10)12-14-6-7-15(12)2/h6-7,10-11,13H,3-5,8-9H2,1-2H3. The summed E-state index contributed by atoms with van der Waals surface area (Å²) in [7, 11) is 2.06. The van der Waals surface area contributed by atoms with Crippen LogP contribution in [-0.2, 0) is 11.8 Å². The van der Waals surface area contributed by atoms with Crippen molar-refractivity contribution in [3.63, 3.8) is 0 Å². The average Bonchev–Trinajstić information content (AvgIpc) is 2.73. The molecule has 1 saturated heterocycles. The van der Waals surface area contributed by atoms with E-state index in [-0.39, 0.29) is 0 Å². The van der Waals surface area contributed by atoms with Crippen LogP contribution in [0, 0.1) is 5.92 Å². The monoisotopic (exact) mass is 223 g/mol. The molecule has 90 valence electrons. The van der Waals surface area contributed by atoms with Gasteiger partial charge in [-0.3, -0.25) is 0 Å². The first kappa shape index (κ1) is 11.6. The lowest BCUT2D eigenvalue weighted by Crippen LogP contribution is -2.33. The van der Waals surface area contributed by atoms with Crippen LogP contribution in [0.5, 0.6) is 0 Å². The Bertz CT molecular complexity index is 318. The van der Waals surface area contributed by atoms with E-state index in [9.17, 15) is 0 Å². The second-order valence-corrected chi connectivity index (χ2v) is 4.38. The Kier molecular flexibility index (Phi) is 3.96. The molecule has 1 atom stereocenters. The molecule has 1 aliphatic rings. The minimum absolute atomic E-state index is 0.369. The number of nitrogens with one attached hydrogen (secondary N) is 1. The third-order valence-electron chi connectivity index (χ3n) is 3.30. The first-order valence-corrected chi connectivity index (χ1v) is 6.11. The Labute approximate surface area is 97.0 Å². The van der Waals surface area contributed by atoms with Crippen molar-refractivity contribution >= 4 is 0 Å². The summed E-state index contributed by atoms with van der Waals surface area (Å²) in [4.78, 5) is 4.47. The number of aromatic nitrogens is 2.